The van der Waals surface area contributed by atoms with E-state index in [1.807, 2.05) is 0 Å². The van der Waals surface area contributed by atoms with Crippen LogP contribution in [0.5, 0.6) is 0 Å². The van der Waals surface area contributed by atoms with Gasteiger partial charge in [0.25, 0.3) is 0 Å². The molecule has 125 valence electrons. The quantitative estimate of drug-likeness (QED) is 0.349. The summed E-state index contributed by atoms with van der Waals surface area (Å²) in [7, 11) is 1.22. The number of hydrogen-bond donors (Lipinski definition) is 0. The molecule has 4 heteroatoms. The molecule has 1 radical (unpaired) electrons. The summed E-state index contributed by atoms with van der Waals surface area (Å²) in [5.41, 5.74) is 9.49. The summed E-state index contributed by atoms with van der Waals surface area (Å²) < 4.78 is 0. The van der Waals surface area contributed by atoms with Crippen LogP contribution in [0.15, 0.2) is 38.6 Å². The Bertz CT molecular complexity index is 578. The van der Waals surface area contributed by atoms with Crippen molar-refractivity contribution in [2.75, 3.05) is 0 Å². The SMILES string of the molecule is CC1=C(C)C(C)C(C2=[C-]CC([SiH3])=C2C2CCCC2)=C1C.[Cl-].[Cl-].[Zr+3]. The Balaban J connectivity index is 0.00000161. The van der Waals surface area contributed by atoms with Crippen LogP contribution in [0, 0.1) is 17.9 Å². The van der Waals surface area contributed by atoms with Gasteiger partial charge in [-0.15, -0.1) is 10.8 Å². The van der Waals surface area contributed by atoms with E-state index in [1.165, 1.54) is 52.6 Å². The predicted molar refractivity (Wildman–Crippen MR) is 90.5 cm³/mol. The fourth-order valence-electron chi connectivity index (χ4n) is 4.40. The van der Waals surface area contributed by atoms with Crippen molar-refractivity contribution in [2.24, 2.45) is 11.8 Å². The van der Waals surface area contributed by atoms with Crippen molar-refractivity contribution in [1.29, 1.82) is 0 Å². The Morgan fingerprint density at radius 3 is 2.00 bits per heavy atom. The van der Waals surface area contributed by atoms with Crippen molar-refractivity contribution >= 4 is 10.2 Å². The monoisotopic (exact) mass is 443 g/mol. The number of halogens is 2. The first-order valence-corrected chi connectivity index (χ1v) is 9.22. The van der Waals surface area contributed by atoms with Gasteiger partial charge in [-0.2, -0.15) is 17.2 Å². The smallest absolute Gasteiger partial charge is 1.00 e. The minimum absolute atomic E-state index is 0. The van der Waals surface area contributed by atoms with Crippen LogP contribution in [-0.4, -0.2) is 10.2 Å². The molecule has 0 saturated heterocycles. The van der Waals surface area contributed by atoms with Crippen LogP contribution in [0.25, 0.3) is 0 Å². The molecule has 0 aliphatic heterocycles. The van der Waals surface area contributed by atoms with Gasteiger partial charge in [-0.1, -0.05) is 68.6 Å². The Kier molecular flexibility index (Phi) is 9.63. The zero-order valence-electron chi connectivity index (χ0n) is 14.9. The zero-order chi connectivity index (χ0) is 14.4. The van der Waals surface area contributed by atoms with E-state index in [9.17, 15) is 0 Å². The van der Waals surface area contributed by atoms with E-state index in [4.69, 9.17) is 0 Å². The van der Waals surface area contributed by atoms with E-state index in [0.717, 1.165) is 12.3 Å². The van der Waals surface area contributed by atoms with E-state index in [0.29, 0.717) is 5.92 Å². The summed E-state index contributed by atoms with van der Waals surface area (Å²) in [5, 5.41) is 1.72. The number of allylic oxidation sites excluding steroid dienone is 8. The third-order valence-electron chi connectivity index (χ3n) is 5.93. The molecule has 1 saturated carbocycles. The van der Waals surface area contributed by atoms with Gasteiger partial charge < -0.3 is 24.8 Å². The summed E-state index contributed by atoms with van der Waals surface area (Å²) in [6.45, 7) is 9.32. The Morgan fingerprint density at radius 2 is 1.52 bits per heavy atom. The Hall–Kier alpha value is 0.640. The third kappa shape index (κ3) is 4.08. The number of hydrogen-bond acceptors (Lipinski definition) is 0. The topological polar surface area (TPSA) is 0 Å². The minimum atomic E-state index is 0. The minimum Gasteiger partial charge on any atom is -1.00 e. The molecule has 1 fully saturated rings. The Labute approximate surface area is 176 Å². The normalized spacial score (nSPS) is 24.7. The van der Waals surface area contributed by atoms with Crippen LogP contribution in [0.3, 0.4) is 0 Å². The zero-order valence-corrected chi connectivity index (χ0v) is 20.9. The molecule has 0 bridgehead atoms. The van der Waals surface area contributed by atoms with Crippen molar-refractivity contribution < 1.29 is 51.0 Å². The van der Waals surface area contributed by atoms with E-state index in [1.54, 1.807) is 21.9 Å². The van der Waals surface area contributed by atoms with Gasteiger partial charge in [-0.25, -0.2) is 0 Å². The molecule has 0 N–H and O–H groups in total. The summed E-state index contributed by atoms with van der Waals surface area (Å²) in [5.74, 6) is 1.45. The summed E-state index contributed by atoms with van der Waals surface area (Å²) in [6.07, 6.45) is 10.6. The van der Waals surface area contributed by atoms with Crippen LogP contribution < -0.4 is 24.8 Å². The molecular formula is C19H27Cl2SiZr. The first-order chi connectivity index (χ1) is 9.52. The van der Waals surface area contributed by atoms with Gasteiger partial charge >= 0.3 is 26.2 Å². The molecule has 3 aliphatic carbocycles. The van der Waals surface area contributed by atoms with E-state index in [2.05, 4.69) is 33.8 Å². The third-order valence-corrected chi connectivity index (χ3v) is 6.82. The fourth-order valence-corrected chi connectivity index (χ4v) is 5.24. The molecular weight excluding hydrogens is 418 g/mol. The summed E-state index contributed by atoms with van der Waals surface area (Å²) in [4.78, 5) is 0. The summed E-state index contributed by atoms with van der Waals surface area (Å²) in [6, 6.07) is 0. The molecule has 0 heterocycles. The van der Waals surface area contributed by atoms with Crippen molar-refractivity contribution in [3.8, 4) is 0 Å². The first-order valence-electron chi connectivity index (χ1n) is 8.22. The van der Waals surface area contributed by atoms with Gasteiger partial charge in [-0.3, -0.25) is 0 Å². The average molecular weight is 446 g/mol. The molecule has 3 aliphatic rings. The van der Waals surface area contributed by atoms with E-state index < -0.39 is 0 Å². The van der Waals surface area contributed by atoms with Gasteiger partial charge in [-0.05, 0) is 19.8 Å². The van der Waals surface area contributed by atoms with Crippen molar-refractivity contribution in [3.63, 3.8) is 0 Å². The van der Waals surface area contributed by atoms with Crippen LogP contribution in [0.1, 0.15) is 59.8 Å². The second-order valence-electron chi connectivity index (χ2n) is 6.97. The van der Waals surface area contributed by atoms with Crippen LogP contribution in [0.2, 0.25) is 0 Å². The molecule has 0 aromatic heterocycles. The van der Waals surface area contributed by atoms with Crippen molar-refractivity contribution in [3.05, 3.63) is 44.7 Å². The molecule has 0 aromatic carbocycles. The molecule has 0 nitrogen and oxygen atoms in total. The van der Waals surface area contributed by atoms with Gasteiger partial charge in [0.05, 0.1) is 0 Å². The second-order valence-corrected chi connectivity index (χ2v) is 8.18. The maximum Gasteiger partial charge on any atom is 3.00 e. The van der Waals surface area contributed by atoms with Gasteiger partial charge in [0.15, 0.2) is 0 Å². The average Bonchev–Trinajstić information content (AvgIpc) is 3.09. The second kappa shape index (κ2) is 9.37. The van der Waals surface area contributed by atoms with Crippen LogP contribution in [0.4, 0.5) is 0 Å². The summed E-state index contributed by atoms with van der Waals surface area (Å²) >= 11 is 0. The van der Waals surface area contributed by atoms with Crippen LogP contribution in [-0.2, 0) is 26.2 Å². The molecule has 1 unspecified atom stereocenters. The predicted octanol–water partition coefficient (Wildman–Crippen LogP) is -1.76. The molecule has 0 aromatic rings. The largest absolute Gasteiger partial charge is 3.00 e. The number of rotatable bonds is 2. The van der Waals surface area contributed by atoms with Gasteiger partial charge in [0.2, 0.25) is 0 Å². The van der Waals surface area contributed by atoms with E-state index in [-0.39, 0.29) is 51.0 Å². The van der Waals surface area contributed by atoms with Crippen molar-refractivity contribution in [1.82, 2.24) is 0 Å². The molecule has 1 atom stereocenters. The Morgan fingerprint density at radius 1 is 0.957 bits per heavy atom. The standard InChI is InChI=1S/C19H27Si.2ClH.Zr/c1-11-12(2)14(4)18(13(11)3)16-9-10-17(20)19(16)15-7-5-6-8-15;;;/h13,15H,5-8,10H2,1-4,20H3;2*1H;/q-1;;;+3/p-2. The molecule has 0 spiro atoms. The van der Waals surface area contributed by atoms with Gasteiger partial charge in [0, 0.05) is 10.2 Å². The first kappa shape index (κ1) is 23.6. The molecule has 0 amide bonds. The molecule has 3 rings (SSSR count). The van der Waals surface area contributed by atoms with E-state index >= 15 is 0 Å². The van der Waals surface area contributed by atoms with Crippen molar-refractivity contribution in [2.45, 2.75) is 59.8 Å². The maximum absolute atomic E-state index is 3.77. The van der Waals surface area contributed by atoms with Gasteiger partial charge in [0.1, 0.15) is 0 Å². The maximum atomic E-state index is 3.77. The fraction of sp³-hybridized carbons (Fsp3) is 0.579. The van der Waals surface area contributed by atoms with Crippen LogP contribution >= 0.6 is 0 Å². The molecule has 23 heavy (non-hydrogen) atoms.